The van der Waals surface area contributed by atoms with Crippen LogP contribution >= 0.6 is 0 Å². The number of hydrogen-bond donors (Lipinski definition) is 2. The largest absolute Gasteiger partial charge is 0.460 e. The fourth-order valence-electron chi connectivity index (χ4n) is 2.83. The average molecular weight is 456 g/mol. The van der Waals surface area contributed by atoms with Crippen molar-refractivity contribution in [3.8, 4) is 0 Å². The Bertz CT molecular complexity index is 691. The number of fused-ring (bicyclic) bond motifs is 1. The molecule has 12 heteroatoms. The number of esters is 2. The van der Waals surface area contributed by atoms with Crippen molar-refractivity contribution in [2.24, 2.45) is 0 Å². The molecule has 0 spiro atoms. The van der Waals surface area contributed by atoms with Crippen LogP contribution in [0.25, 0.3) is 0 Å². The van der Waals surface area contributed by atoms with Gasteiger partial charge in [0.15, 0.2) is 12.2 Å². The lowest BCUT2D eigenvalue weighted by Gasteiger charge is -2.17. The van der Waals surface area contributed by atoms with E-state index in [0.717, 1.165) is 0 Å². The Balaban J connectivity index is 1.65. The highest BCUT2D eigenvalue weighted by molar-refractivity contribution is 5.87. The summed E-state index contributed by atoms with van der Waals surface area (Å²) in [5, 5.41) is 4.91. The molecule has 32 heavy (non-hydrogen) atoms. The third-order valence-corrected chi connectivity index (χ3v) is 4.39. The van der Waals surface area contributed by atoms with Crippen molar-refractivity contribution in [1.29, 1.82) is 0 Å². The molecule has 12 nitrogen and oxygen atoms in total. The molecule has 0 aliphatic carbocycles. The molecule has 2 amide bonds. The molecular formula is C20H28N2O10. The SMILES string of the molecule is C=C(C)C(=O)OCCNC(=O)O[C@H]1CO[C@H]2[C@@H]1OC[C@H]2OC(=O)NCCOC(=O)C(=C)C. The molecule has 0 unspecified atom stereocenters. The van der Waals surface area contributed by atoms with E-state index in [1.807, 2.05) is 0 Å². The van der Waals surface area contributed by atoms with Crippen LogP contribution in [0.5, 0.6) is 0 Å². The fraction of sp³-hybridized carbons (Fsp3) is 0.600. The maximum absolute atomic E-state index is 11.9. The first-order valence-corrected chi connectivity index (χ1v) is 9.96. The third-order valence-electron chi connectivity index (χ3n) is 4.39. The van der Waals surface area contributed by atoms with Gasteiger partial charge in [0.2, 0.25) is 0 Å². The summed E-state index contributed by atoms with van der Waals surface area (Å²) >= 11 is 0. The zero-order valence-electron chi connectivity index (χ0n) is 18.0. The summed E-state index contributed by atoms with van der Waals surface area (Å²) in [5.74, 6) is -1.09. The second-order valence-corrected chi connectivity index (χ2v) is 7.17. The average Bonchev–Trinajstić information content (AvgIpc) is 3.31. The summed E-state index contributed by atoms with van der Waals surface area (Å²) in [6.45, 7) is 10.2. The van der Waals surface area contributed by atoms with Crippen molar-refractivity contribution < 1.29 is 47.6 Å². The van der Waals surface area contributed by atoms with Crippen LogP contribution < -0.4 is 10.6 Å². The van der Waals surface area contributed by atoms with Crippen LogP contribution in [0.4, 0.5) is 9.59 Å². The van der Waals surface area contributed by atoms with E-state index in [-0.39, 0.29) is 50.7 Å². The molecule has 2 fully saturated rings. The van der Waals surface area contributed by atoms with E-state index in [9.17, 15) is 19.2 Å². The Morgan fingerprint density at radius 3 is 1.50 bits per heavy atom. The number of ether oxygens (including phenoxy) is 6. The van der Waals surface area contributed by atoms with Gasteiger partial charge in [0, 0.05) is 11.1 Å². The third kappa shape index (κ3) is 7.54. The molecule has 2 N–H and O–H groups in total. The first-order chi connectivity index (χ1) is 15.2. The van der Waals surface area contributed by atoms with Crippen LogP contribution in [0.15, 0.2) is 24.3 Å². The number of hydrogen-bond acceptors (Lipinski definition) is 10. The van der Waals surface area contributed by atoms with E-state index in [2.05, 4.69) is 23.8 Å². The van der Waals surface area contributed by atoms with Crippen LogP contribution in [-0.2, 0) is 38.0 Å². The number of rotatable bonds is 10. The summed E-state index contributed by atoms with van der Waals surface area (Å²) in [6.07, 6.45) is -3.98. The number of nitrogens with one attached hydrogen (secondary N) is 2. The Kier molecular flexibility index (Phi) is 9.47. The number of carbonyl (C=O) groups excluding carboxylic acids is 4. The van der Waals surface area contributed by atoms with Crippen LogP contribution in [-0.4, -0.2) is 88.1 Å². The lowest BCUT2D eigenvalue weighted by atomic mass is 10.1. The molecule has 2 heterocycles. The second kappa shape index (κ2) is 12.1. The van der Waals surface area contributed by atoms with Gasteiger partial charge in [-0.3, -0.25) is 0 Å². The molecule has 2 saturated heterocycles. The minimum atomic E-state index is -0.722. The molecule has 0 bridgehead atoms. The molecule has 0 aromatic carbocycles. The molecule has 178 valence electrons. The summed E-state index contributed by atoms with van der Waals surface area (Å²) in [7, 11) is 0. The van der Waals surface area contributed by atoms with Gasteiger partial charge in [-0.2, -0.15) is 0 Å². The highest BCUT2D eigenvalue weighted by Crippen LogP contribution is 2.30. The first kappa shape index (κ1) is 25.1. The van der Waals surface area contributed by atoms with Crippen molar-refractivity contribution in [2.45, 2.75) is 38.3 Å². The molecular weight excluding hydrogens is 428 g/mol. The van der Waals surface area contributed by atoms with Crippen molar-refractivity contribution in [1.82, 2.24) is 10.6 Å². The molecule has 0 radical (unpaired) electrons. The molecule has 0 saturated carbocycles. The van der Waals surface area contributed by atoms with Crippen LogP contribution in [0.1, 0.15) is 13.8 Å². The maximum atomic E-state index is 11.9. The summed E-state index contributed by atoms with van der Waals surface area (Å²) < 4.78 is 31.4. The Morgan fingerprint density at radius 2 is 1.16 bits per heavy atom. The van der Waals surface area contributed by atoms with Gasteiger partial charge in [-0.25, -0.2) is 19.2 Å². The highest BCUT2D eigenvalue weighted by atomic mass is 16.7. The molecule has 2 aliphatic rings. The van der Waals surface area contributed by atoms with Gasteiger partial charge in [0.05, 0.1) is 26.3 Å². The van der Waals surface area contributed by atoms with E-state index in [1.54, 1.807) is 0 Å². The van der Waals surface area contributed by atoms with E-state index in [1.165, 1.54) is 13.8 Å². The second-order valence-electron chi connectivity index (χ2n) is 7.17. The summed E-state index contributed by atoms with van der Waals surface area (Å²) in [4.78, 5) is 46.4. The van der Waals surface area contributed by atoms with Gasteiger partial charge >= 0.3 is 24.1 Å². The molecule has 2 rings (SSSR count). The topological polar surface area (TPSA) is 148 Å². The van der Waals surface area contributed by atoms with E-state index in [4.69, 9.17) is 28.4 Å². The monoisotopic (exact) mass is 456 g/mol. The zero-order chi connectivity index (χ0) is 23.7. The van der Waals surface area contributed by atoms with Gasteiger partial charge < -0.3 is 39.1 Å². The Labute approximate surface area is 185 Å². The van der Waals surface area contributed by atoms with Crippen LogP contribution in [0.2, 0.25) is 0 Å². The molecule has 4 atom stereocenters. The van der Waals surface area contributed by atoms with Crippen molar-refractivity contribution in [3.63, 3.8) is 0 Å². The van der Waals surface area contributed by atoms with Gasteiger partial charge in [0.1, 0.15) is 25.4 Å². The lowest BCUT2D eigenvalue weighted by Crippen LogP contribution is -2.40. The predicted molar refractivity (Wildman–Crippen MR) is 108 cm³/mol. The van der Waals surface area contributed by atoms with Gasteiger partial charge in [-0.15, -0.1) is 0 Å². The maximum Gasteiger partial charge on any atom is 0.407 e. The molecule has 0 aromatic heterocycles. The standard InChI is InChI=1S/C20H28N2O10/c1-11(2)17(23)27-7-5-21-19(25)31-13-9-29-16-14(10-30-15(13)16)32-20(26)22-6-8-28-18(24)12(3)4/h13-16H,1,3,5-10H2,2,4H3,(H,21,25)(H,22,26)/t13-,14+,15-,16-/m1/s1. The quantitative estimate of drug-likeness (QED) is 0.202. The van der Waals surface area contributed by atoms with Gasteiger partial charge in [-0.05, 0) is 13.8 Å². The zero-order valence-corrected chi connectivity index (χ0v) is 18.0. The molecule has 0 aromatic rings. The number of alkyl carbamates (subject to hydrolysis) is 2. The van der Waals surface area contributed by atoms with E-state index < -0.39 is 48.5 Å². The summed E-state index contributed by atoms with van der Waals surface area (Å²) in [6, 6.07) is 0. The summed E-state index contributed by atoms with van der Waals surface area (Å²) in [5.41, 5.74) is 0.522. The van der Waals surface area contributed by atoms with Crippen LogP contribution in [0, 0.1) is 0 Å². The minimum Gasteiger partial charge on any atom is -0.460 e. The smallest absolute Gasteiger partial charge is 0.407 e. The first-order valence-electron chi connectivity index (χ1n) is 9.96. The lowest BCUT2D eigenvalue weighted by molar-refractivity contribution is -0.139. The van der Waals surface area contributed by atoms with Gasteiger partial charge in [-0.1, -0.05) is 13.2 Å². The van der Waals surface area contributed by atoms with Crippen molar-refractivity contribution >= 4 is 24.1 Å². The van der Waals surface area contributed by atoms with Gasteiger partial charge in [0.25, 0.3) is 0 Å². The minimum absolute atomic E-state index is 0.0259. The molecule has 2 aliphatic heterocycles. The number of amides is 2. The predicted octanol–water partition coefficient (Wildman–Crippen LogP) is 0.212. The number of carbonyl (C=O) groups is 4. The van der Waals surface area contributed by atoms with Crippen molar-refractivity contribution in [2.75, 3.05) is 39.5 Å². The van der Waals surface area contributed by atoms with E-state index >= 15 is 0 Å². The van der Waals surface area contributed by atoms with Crippen LogP contribution in [0.3, 0.4) is 0 Å². The highest BCUT2D eigenvalue weighted by Gasteiger charge is 2.51. The Morgan fingerprint density at radius 1 is 0.781 bits per heavy atom. The Hall–Kier alpha value is -3.12. The normalized spacial score (nSPS) is 23.4. The van der Waals surface area contributed by atoms with E-state index in [0.29, 0.717) is 0 Å². The fourth-order valence-corrected chi connectivity index (χ4v) is 2.83. The van der Waals surface area contributed by atoms with Crippen molar-refractivity contribution in [3.05, 3.63) is 24.3 Å².